The number of ether oxygens (including phenoxy) is 1. The van der Waals surface area contributed by atoms with E-state index in [2.05, 4.69) is 24.9 Å². The minimum absolute atomic E-state index is 0.189. The quantitative estimate of drug-likeness (QED) is 0.326. The molecule has 146 valence electrons. The highest BCUT2D eigenvalue weighted by atomic mass is 32.2. The molecule has 0 aliphatic rings. The van der Waals surface area contributed by atoms with E-state index in [9.17, 15) is 4.79 Å². The molecule has 4 aromatic heterocycles. The average molecular weight is 425 g/mol. The molecular weight excluding hydrogens is 408 g/mol. The number of hydrogen-bond acceptors (Lipinski definition) is 9. The molecule has 4 aromatic rings. The first-order valence-electron chi connectivity index (χ1n) is 8.66. The zero-order valence-electron chi connectivity index (χ0n) is 15.7. The van der Waals surface area contributed by atoms with E-state index in [-0.39, 0.29) is 5.76 Å². The van der Waals surface area contributed by atoms with E-state index in [0.29, 0.717) is 11.5 Å². The minimum atomic E-state index is -0.490. The number of aryl methyl sites for hydroxylation is 1. The molecule has 0 aliphatic carbocycles. The predicted molar refractivity (Wildman–Crippen MR) is 111 cm³/mol. The SMILES string of the molecule is COC(=O)c1ccc(CSc2ccc(-c3sc(-c4cccnc4)nc3C)nn2)o1. The van der Waals surface area contributed by atoms with Gasteiger partial charge in [0.15, 0.2) is 0 Å². The van der Waals surface area contributed by atoms with Crippen molar-refractivity contribution in [3.05, 3.63) is 66.0 Å². The molecule has 4 rings (SSSR count). The molecule has 9 heteroatoms. The van der Waals surface area contributed by atoms with Crippen LogP contribution < -0.4 is 0 Å². The lowest BCUT2D eigenvalue weighted by Crippen LogP contribution is -1.98. The maximum Gasteiger partial charge on any atom is 0.373 e. The summed E-state index contributed by atoms with van der Waals surface area (Å²) in [6, 6.07) is 11.1. The second-order valence-electron chi connectivity index (χ2n) is 5.98. The fraction of sp³-hybridized carbons (Fsp3) is 0.150. The van der Waals surface area contributed by atoms with Gasteiger partial charge in [0.05, 0.1) is 23.4 Å². The van der Waals surface area contributed by atoms with E-state index in [1.54, 1.807) is 35.9 Å². The molecule has 0 saturated carbocycles. The van der Waals surface area contributed by atoms with E-state index in [1.807, 2.05) is 31.2 Å². The van der Waals surface area contributed by atoms with Crippen LogP contribution in [0, 0.1) is 6.92 Å². The van der Waals surface area contributed by atoms with Crippen molar-refractivity contribution in [2.24, 2.45) is 0 Å². The third kappa shape index (κ3) is 4.36. The minimum Gasteiger partial charge on any atom is -0.463 e. The molecule has 0 radical (unpaired) electrons. The van der Waals surface area contributed by atoms with Crippen LogP contribution in [0.4, 0.5) is 0 Å². The van der Waals surface area contributed by atoms with Gasteiger partial charge in [-0.15, -0.1) is 21.5 Å². The Morgan fingerprint density at radius 3 is 2.83 bits per heavy atom. The number of thioether (sulfide) groups is 1. The summed E-state index contributed by atoms with van der Waals surface area (Å²) in [6.45, 7) is 1.96. The van der Waals surface area contributed by atoms with Crippen LogP contribution in [0.2, 0.25) is 0 Å². The van der Waals surface area contributed by atoms with Gasteiger partial charge in [-0.1, -0.05) is 11.8 Å². The molecule has 0 bridgehead atoms. The lowest BCUT2D eigenvalue weighted by Gasteiger charge is -2.00. The summed E-state index contributed by atoms with van der Waals surface area (Å²) in [4.78, 5) is 21.2. The van der Waals surface area contributed by atoms with Gasteiger partial charge in [0.1, 0.15) is 21.5 Å². The second-order valence-corrected chi connectivity index (χ2v) is 7.97. The van der Waals surface area contributed by atoms with Gasteiger partial charge in [-0.05, 0) is 43.3 Å². The molecule has 0 saturated heterocycles. The molecule has 0 spiro atoms. The molecule has 7 nitrogen and oxygen atoms in total. The summed E-state index contributed by atoms with van der Waals surface area (Å²) in [5, 5.41) is 10.3. The normalized spacial score (nSPS) is 10.8. The molecule has 0 amide bonds. The lowest BCUT2D eigenvalue weighted by molar-refractivity contribution is 0.0563. The number of carbonyl (C=O) groups is 1. The first-order valence-corrected chi connectivity index (χ1v) is 10.5. The Morgan fingerprint density at radius 2 is 2.10 bits per heavy atom. The Kier molecular flexibility index (Phi) is 5.68. The van der Waals surface area contributed by atoms with E-state index in [4.69, 9.17) is 4.42 Å². The molecule has 0 aliphatic heterocycles. The first-order chi connectivity index (χ1) is 14.1. The number of thiazole rings is 1. The van der Waals surface area contributed by atoms with Crippen molar-refractivity contribution in [1.29, 1.82) is 0 Å². The van der Waals surface area contributed by atoms with E-state index in [0.717, 1.165) is 31.9 Å². The van der Waals surface area contributed by atoms with Crippen LogP contribution in [-0.4, -0.2) is 33.2 Å². The molecule has 0 aromatic carbocycles. The van der Waals surface area contributed by atoms with Gasteiger partial charge in [-0.3, -0.25) is 4.98 Å². The second kappa shape index (κ2) is 8.54. The third-order valence-corrected chi connectivity index (χ3v) is 6.16. The summed E-state index contributed by atoms with van der Waals surface area (Å²) in [6.07, 6.45) is 3.54. The molecule has 0 fully saturated rings. The number of aromatic nitrogens is 4. The highest BCUT2D eigenvalue weighted by Gasteiger charge is 2.14. The topological polar surface area (TPSA) is 91.0 Å². The Labute approximate surface area is 175 Å². The maximum atomic E-state index is 11.4. The van der Waals surface area contributed by atoms with Crippen LogP contribution in [0.1, 0.15) is 22.0 Å². The van der Waals surface area contributed by atoms with Crippen LogP contribution >= 0.6 is 23.1 Å². The molecule has 4 heterocycles. The zero-order valence-corrected chi connectivity index (χ0v) is 17.3. The summed E-state index contributed by atoms with van der Waals surface area (Å²) in [5.74, 6) is 0.904. The Hall–Kier alpha value is -3.04. The fourth-order valence-corrected chi connectivity index (χ4v) is 4.31. The standard InChI is InChI=1S/C20H16N4O3S2/c1-12-18(29-19(22-12)13-4-3-9-21-10-13)15-6-8-17(24-23-15)28-11-14-5-7-16(27-14)20(25)26-2/h3-10H,11H2,1-2H3. The summed E-state index contributed by atoms with van der Waals surface area (Å²) in [5.41, 5.74) is 2.68. The molecule has 0 atom stereocenters. The highest BCUT2D eigenvalue weighted by molar-refractivity contribution is 7.98. The van der Waals surface area contributed by atoms with Crippen molar-refractivity contribution < 1.29 is 13.9 Å². The summed E-state index contributed by atoms with van der Waals surface area (Å²) >= 11 is 3.05. The smallest absolute Gasteiger partial charge is 0.373 e. The van der Waals surface area contributed by atoms with E-state index >= 15 is 0 Å². The van der Waals surface area contributed by atoms with Crippen LogP contribution in [0.5, 0.6) is 0 Å². The number of pyridine rings is 1. The van der Waals surface area contributed by atoms with Gasteiger partial charge < -0.3 is 9.15 Å². The molecule has 0 unspecified atom stereocenters. The summed E-state index contributed by atoms with van der Waals surface area (Å²) < 4.78 is 10.1. The van der Waals surface area contributed by atoms with E-state index in [1.165, 1.54) is 18.9 Å². The number of rotatable bonds is 6. The lowest BCUT2D eigenvalue weighted by atomic mass is 10.3. The van der Waals surface area contributed by atoms with Crippen molar-refractivity contribution >= 4 is 29.1 Å². The Balaban J connectivity index is 1.45. The first kappa shape index (κ1) is 19.3. The number of furan rings is 1. The van der Waals surface area contributed by atoms with Gasteiger partial charge in [0.25, 0.3) is 0 Å². The van der Waals surface area contributed by atoms with Crippen molar-refractivity contribution in [1.82, 2.24) is 20.2 Å². The van der Waals surface area contributed by atoms with Crippen molar-refractivity contribution in [2.75, 3.05) is 7.11 Å². The number of esters is 1. The van der Waals surface area contributed by atoms with Gasteiger partial charge in [0.2, 0.25) is 5.76 Å². The zero-order chi connectivity index (χ0) is 20.2. The Morgan fingerprint density at radius 1 is 1.21 bits per heavy atom. The van der Waals surface area contributed by atoms with Crippen molar-refractivity contribution in [3.63, 3.8) is 0 Å². The Bertz CT molecular complexity index is 1120. The average Bonchev–Trinajstić information content (AvgIpc) is 3.40. The third-order valence-electron chi connectivity index (χ3n) is 3.99. The van der Waals surface area contributed by atoms with Crippen LogP contribution in [0.15, 0.2) is 58.2 Å². The fourth-order valence-electron chi connectivity index (χ4n) is 2.58. The van der Waals surface area contributed by atoms with Crippen LogP contribution in [-0.2, 0) is 10.5 Å². The van der Waals surface area contributed by atoms with Gasteiger partial charge >= 0.3 is 5.97 Å². The molecular formula is C20H16N4O3S2. The molecule has 0 N–H and O–H groups in total. The van der Waals surface area contributed by atoms with Crippen molar-refractivity contribution in [2.45, 2.75) is 17.7 Å². The van der Waals surface area contributed by atoms with Crippen molar-refractivity contribution in [3.8, 4) is 21.1 Å². The largest absolute Gasteiger partial charge is 0.463 e. The molecule has 29 heavy (non-hydrogen) atoms. The number of nitrogens with zero attached hydrogens (tertiary/aromatic N) is 4. The summed E-state index contributed by atoms with van der Waals surface area (Å²) in [7, 11) is 1.32. The van der Waals surface area contributed by atoms with Crippen LogP contribution in [0.25, 0.3) is 21.1 Å². The number of carbonyl (C=O) groups excluding carboxylic acids is 1. The van der Waals surface area contributed by atoms with Crippen LogP contribution in [0.3, 0.4) is 0 Å². The monoisotopic (exact) mass is 424 g/mol. The van der Waals surface area contributed by atoms with Gasteiger partial charge in [0, 0.05) is 18.0 Å². The highest BCUT2D eigenvalue weighted by Crippen LogP contribution is 2.34. The van der Waals surface area contributed by atoms with Gasteiger partial charge in [-0.25, -0.2) is 9.78 Å². The number of methoxy groups -OCH3 is 1. The van der Waals surface area contributed by atoms with Gasteiger partial charge in [-0.2, -0.15) is 0 Å². The van der Waals surface area contributed by atoms with E-state index < -0.39 is 5.97 Å². The maximum absolute atomic E-state index is 11.4. The predicted octanol–water partition coefficient (Wildman–Crippen LogP) is 4.64. The number of hydrogen-bond donors (Lipinski definition) is 0.